The highest BCUT2D eigenvalue weighted by molar-refractivity contribution is 7.98. The summed E-state index contributed by atoms with van der Waals surface area (Å²) in [6, 6.07) is 15.7. The lowest BCUT2D eigenvalue weighted by atomic mass is 10.1. The van der Waals surface area contributed by atoms with Crippen LogP contribution in [0.5, 0.6) is 5.75 Å². The third-order valence-corrected chi connectivity index (χ3v) is 5.14. The number of H-pyrrole nitrogens is 1. The molecule has 0 bridgehead atoms. The van der Waals surface area contributed by atoms with E-state index in [1.54, 1.807) is 18.0 Å². The van der Waals surface area contributed by atoms with E-state index in [1.807, 2.05) is 49.4 Å². The number of aromatic nitrogens is 4. The van der Waals surface area contributed by atoms with Crippen LogP contribution in [-0.2, 0) is 5.75 Å². The fourth-order valence-corrected chi connectivity index (χ4v) is 3.72. The molecule has 1 N–H and O–H groups in total. The highest BCUT2D eigenvalue weighted by Crippen LogP contribution is 2.27. The molecule has 0 radical (unpaired) electrons. The number of para-hydroxylation sites is 1. The van der Waals surface area contributed by atoms with Gasteiger partial charge in [0.25, 0.3) is 5.56 Å². The molecule has 7 heteroatoms. The Morgan fingerprint density at radius 3 is 2.78 bits per heavy atom. The van der Waals surface area contributed by atoms with Crippen molar-refractivity contribution in [2.75, 3.05) is 7.11 Å². The largest absolute Gasteiger partial charge is 0.496 e. The molecule has 0 aliphatic rings. The molecule has 0 amide bonds. The first-order valence-electron chi connectivity index (χ1n) is 8.45. The van der Waals surface area contributed by atoms with E-state index in [0.29, 0.717) is 21.9 Å². The first-order valence-corrected chi connectivity index (χ1v) is 9.44. The molecule has 2 aromatic heterocycles. The Morgan fingerprint density at radius 2 is 2.00 bits per heavy atom. The van der Waals surface area contributed by atoms with Crippen LogP contribution in [0.1, 0.15) is 11.1 Å². The molecule has 0 saturated heterocycles. The topological polar surface area (TPSA) is 72.8 Å². The van der Waals surface area contributed by atoms with Crippen LogP contribution >= 0.6 is 11.8 Å². The Morgan fingerprint density at radius 1 is 1.19 bits per heavy atom. The summed E-state index contributed by atoms with van der Waals surface area (Å²) < 4.78 is 7.11. The fourth-order valence-electron chi connectivity index (χ4n) is 2.89. The van der Waals surface area contributed by atoms with Gasteiger partial charge in [-0.2, -0.15) is 5.10 Å². The summed E-state index contributed by atoms with van der Waals surface area (Å²) in [6.45, 7) is 2.04. The maximum Gasteiger partial charge on any atom is 0.262 e. The summed E-state index contributed by atoms with van der Waals surface area (Å²) >= 11 is 1.46. The van der Waals surface area contributed by atoms with Gasteiger partial charge in [0.2, 0.25) is 0 Å². The molecule has 0 fully saturated rings. The molecule has 6 nitrogen and oxygen atoms in total. The van der Waals surface area contributed by atoms with Crippen molar-refractivity contribution in [2.45, 2.75) is 17.8 Å². The molecule has 0 atom stereocenters. The van der Waals surface area contributed by atoms with Crippen molar-refractivity contribution < 1.29 is 4.74 Å². The summed E-state index contributed by atoms with van der Waals surface area (Å²) in [6.07, 6.45) is 1.55. The lowest BCUT2D eigenvalue weighted by Gasteiger charge is -2.09. The lowest BCUT2D eigenvalue weighted by molar-refractivity contribution is 0.411. The molecule has 0 aliphatic carbocycles. The quantitative estimate of drug-likeness (QED) is 0.423. The number of aryl methyl sites for hydroxylation is 1. The van der Waals surface area contributed by atoms with Crippen molar-refractivity contribution in [2.24, 2.45) is 0 Å². The summed E-state index contributed by atoms with van der Waals surface area (Å²) in [5.41, 5.74) is 3.43. The molecular weight excluding hydrogens is 360 g/mol. The minimum atomic E-state index is -0.194. The predicted molar refractivity (Wildman–Crippen MR) is 107 cm³/mol. The van der Waals surface area contributed by atoms with Gasteiger partial charge < -0.3 is 9.72 Å². The Balaban J connectivity index is 1.69. The smallest absolute Gasteiger partial charge is 0.262 e. The maximum absolute atomic E-state index is 12.4. The van der Waals surface area contributed by atoms with Gasteiger partial charge in [-0.1, -0.05) is 47.7 Å². The monoisotopic (exact) mass is 378 g/mol. The average Bonchev–Trinajstić information content (AvgIpc) is 3.12. The zero-order valence-corrected chi connectivity index (χ0v) is 15.8. The molecule has 0 unspecified atom stereocenters. The van der Waals surface area contributed by atoms with Crippen LogP contribution in [0.3, 0.4) is 0 Å². The summed E-state index contributed by atoms with van der Waals surface area (Å²) in [4.78, 5) is 19.9. The van der Waals surface area contributed by atoms with Crippen molar-refractivity contribution in [3.8, 4) is 11.4 Å². The predicted octanol–water partition coefficient (Wildman–Crippen LogP) is 3.72. The lowest BCUT2D eigenvalue weighted by Crippen LogP contribution is -2.09. The van der Waals surface area contributed by atoms with E-state index < -0.39 is 0 Å². The second-order valence-electron chi connectivity index (χ2n) is 6.10. The van der Waals surface area contributed by atoms with Gasteiger partial charge in [0, 0.05) is 11.3 Å². The Hall–Kier alpha value is -3.06. The van der Waals surface area contributed by atoms with Gasteiger partial charge in [-0.3, -0.25) is 4.79 Å². The first-order chi connectivity index (χ1) is 13.2. The molecule has 27 heavy (non-hydrogen) atoms. The number of hydrogen-bond donors (Lipinski definition) is 1. The van der Waals surface area contributed by atoms with Gasteiger partial charge in [-0.25, -0.2) is 9.67 Å². The number of fused-ring (bicyclic) bond motifs is 1. The minimum Gasteiger partial charge on any atom is -0.496 e. The first kappa shape index (κ1) is 17.4. The number of thioether (sulfide) groups is 1. The second kappa shape index (κ2) is 7.28. The van der Waals surface area contributed by atoms with Gasteiger partial charge in [-0.05, 0) is 25.1 Å². The zero-order valence-electron chi connectivity index (χ0n) is 15.0. The van der Waals surface area contributed by atoms with E-state index in [4.69, 9.17) is 4.74 Å². The molecule has 0 saturated carbocycles. The van der Waals surface area contributed by atoms with Crippen molar-refractivity contribution in [1.82, 2.24) is 19.7 Å². The van der Waals surface area contributed by atoms with Crippen LogP contribution in [-0.4, -0.2) is 26.9 Å². The van der Waals surface area contributed by atoms with Crippen molar-refractivity contribution in [3.63, 3.8) is 0 Å². The third kappa shape index (κ3) is 3.46. The van der Waals surface area contributed by atoms with Gasteiger partial charge in [-0.15, -0.1) is 0 Å². The van der Waals surface area contributed by atoms with E-state index in [2.05, 4.69) is 21.1 Å². The Labute approximate surface area is 160 Å². The molecule has 136 valence electrons. The van der Waals surface area contributed by atoms with Crippen LogP contribution < -0.4 is 10.3 Å². The van der Waals surface area contributed by atoms with Crippen molar-refractivity contribution in [3.05, 3.63) is 76.2 Å². The van der Waals surface area contributed by atoms with Crippen LogP contribution in [0.15, 0.2) is 64.7 Å². The number of nitrogens with zero attached hydrogens (tertiary/aromatic N) is 3. The zero-order chi connectivity index (χ0) is 18.8. The molecular formula is C20H18N4O2S. The number of ether oxygens (including phenoxy) is 1. The molecule has 4 rings (SSSR count). The number of rotatable bonds is 5. The highest BCUT2D eigenvalue weighted by atomic mass is 32.2. The van der Waals surface area contributed by atoms with Gasteiger partial charge in [0.05, 0.1) is 19.0 Å². The third-order valence-electron chi connectivity index (χ3n) is 4.22. The molecule has 2 heterocycles. The normalized spacial score (nSPS) is 11.0. The summed E-state index contributed by atoms with van der Waals surface area (Å²) in [5.74, 6) is 1.46. The van der Waals surface area contributed by atoms with Gasteiger partial charge >= 0.3 is 0 Å². The van der Waals surface area contributed by atoms with Crippen LogP contribution in [0.4, 0.5) is 0 Å². The Bertz CT molecular complexity index is 1150. The number of nitrogens with one attached hydrogen (secondary N) is 1. The highest BCUT2D eigenvalue weighted by Gasteiger charge is 2.12. The molecule has 4 aromatic rings. The second-order valence-corrected chi connectivity index (χ2v) is 7.07. The van der Waals surface area contributed by atoms with E-state index in [0.717, 1.165) is 22.6 Å². The van der Waals surface area contributed by atoms with Crippen molar-refractivity contribution >= 4 is 22.8 Å². The van der Waals surface area contributed by atoms with E-state index in [1.165, 1.54) is 11.8 Å². The maximum atomic E-state index is 12.4. The van der Waals surface area contributed by atoms with Gasteiger partial charge in [0.1, 0.15) is 11.1 Å². The average molecular weight is 378 g/mol. The molecule has 2 aromatic carbocycles. The van der Waals surface area contributed by atoms with E-state index in [-0.39, 0.29) is 5.56 Å². The standard InChI is InChI=1S/C20H18N4O2S/c1-13-8-9-17(26-2)14(10-13)12-27-20-22-18-16(19(25)23-20)11-21-24(18)15-6-4-3-5-7-15/h3-11H,12H2,1-2H3,(H,22,23,25). The number of benzene rings is 2. The van der Waals surface area contributed by atoms with E-state index >= 15 is 0 Å². The summed E-state index contributed by atoms with van der Waals surface area (Å²) in [5, 5.41) is 5.35. The van der Waals surface area contributed by atoms with E-state index in [9.17, 15) is 4.79 Å². The van der Waals surface area contributed by atoms with Gasteiger partial charge in [0.15, 0.2) is 10.8 Å². The SMILES string of the molecule is COc1ccc(C)cc1CSc1nc2c(cnn2-c2ccccc2)c(=O)[nH]1. The number of hydrogen-bond acceptors (Lipinski definition) is 5. The molecule has 0 aliphatic heterocycles. The van der Waals surface area contributed by atoms with Crippen LogP contribution in [0.2, 0.25) is 0 Å². The van der Waals surface area contributed by atoms with Crippen LogP contribution in [0, 0.1) is 6.92 Å². The molecule has 0 spiro atoms. The number of methoxy groups -OCH3 is 1. The van der Waals surface area contributed by atoms with Crippen LogP contribution in [0.25, 0.3) is 16.7 Å². The number of aromatic amines is 1. The minimum absolute atomic E-state index is 0.194. The van der Waals surface area contributed by atoms with Crippen molar-refractivity contribution in [1.29, 1.82) is 0 Å². The summed E-state index contributed by atoms with van der Waals surface area (Å²) in [7, 11) is 1.66. The fraction of sp³-hybridized carbons (Fsp3) is 0.150. The Kier molecular flexibility index (Phi) is 4.68.